The van der Waals surface area contributed by atoms with E-state index < -0.39 is 27.1 Å². The lowest BCUT2D eigenvalue weighted by Gasteiger charge is -2.64. The molecule has 0 spiro atoms. The summed E-state index contributed by atoms with van der Waals surface area (Å²) in [4.78, 5) is 41.0. The van der Waals surface area contributed by atoms with Crippen molar-refractivity contribution in [2.24, 2.45) is 49.7 Å². The number of amides is 1. The van der Waals surface area contributed by atoms with E-state index in [1.165, 1.54) is 7.11 Å². The van der Waals surface area contributed by atoms with E-state index in [4.69, 9.17) is 9.47 Å². The maximum Gasteiger partial charge on any atom is 0.312 e. The van der Waals surface area contributed by atoms with Gasteiger partial charge in [0.2, 0.25) is 5.91 Å². The highest BCUT2D eigenvalue weighted by Gasteiger charge is 2.68. The third-order valence-corrected chi connectivity index (χ3v) is 13.7. The fraction of sp³-hybridized carbons (Fsp3) is 0.927. The number of rotatable bonds is 20. The molecule has 0 aromatic carbocycles. The minimum Gasteiger partial charge on any atom is -0.469 e. The molecule has 1 amide bonds. The molecule has 0 aromatic heterocycles. The SMILES string of the molecule is CNCCOC(=O)C(C)(C(C)(C)C(C)C(C)C(C)(C)C)C(C)(C)C(C)(C)C(C)(CC(C)(C)C)C(=O)NCCC[N+](C)(C)CCCC(=O)OC. The Morgan fingerprint density at radius 2 is 1.24 bits per heavy atom. The van der Waals surface area contributed by atoms with Crippen LogP contribution in [0.3, 0.4) is 0 Å². The second kappa shape index (κ2) is 17.2. The first kappa shape index (κ1) is 47.3. The van der Waals surface area contributed by atoms with Gasteiger partial charge in [-0.15, -0.1) is 0 Å². The minimum absolute atomic E-state index is 0.0244. The van der Waals surface area contributed by atoms with Crippen LogP contribution in [0.1, 0.15) is 136 Å². The van der Waals surface area contributed by atoms with Crippen LogP contribution in [0.15, 0.2) is 0 Å². The van der Waals surface area contributed by atoms with Crippen LogP contribution >= 0.6 is 0 Å². The second-order valence-corrected chi connectivity index (χ2v) is 20.0. The molecule has 0 fully saturated rings. The first-order chi connectivity index (χ1) is 21.8. The molecule has 0 aromatic rings. The quantitative estimate of drug-likeness (QED) is 0.0759. The number of esters is 2. The first-order valence-corrected chi connectivity index (χ1v) is 18.8. The molecule has 0 aliphatic heterocycles. The molecule has 0 saturated carbocycles. The molecule has 0 radical (unpaired) electrons. The lowest BCUT2D eigenvalue weighted by Crippen LogP contribution is -2.66. The molecule has 2 N–H and O–H groups in total. The number of likely N-dealkylation sites (N-methyl/N-ethyl adjacent to an activating group) is 1. The zero-order valence-corrected chi connectivity index (χ0v) is 36.0. The van der Waals surface area contributed by atoms with Gasteiger partial charge in [0.1, 0.15) is 6.61 Å². The standard InChI is InChI=1S/C41H81N3O5/c1-30(36(6,7)8)31(2)37(9,10)41(16,34(47)49-28-25-42-17)39(13,14)38(11,12)40(15,29-35(3,4)5)33(46)43-24-22-27-44(18,19)26-21-23-32(45)48-20/h30-31,42H,21-29H2,1-20H3/p+1. The largest absolute Gasteiger partial charge is 0.469 e. The smallest absolute Gasteiger partial charge is 0.312 e. The molecule has 49 heavy (non-hydrogen) atoms. The fourth-order valence-electron chi connectivity index (χ4n) is 8.27. The summed E-state index contributed by atoms with van der Waals surface area (Å²) in [6, 6.07) is 0. The van der Waals surface area contributed by atoms with E-state index in [0.29, 0.717) is 31.8 Å². The van der Waals surface area contributed by atoms with E-state index in [1.807, 2.05) is 7.05 Å². The van der Waals surface area contributed by atoms with E-state index in [1.54, 1.807) is 0 Å². The van der Waals surface area contributed by atoms with Gasteiger partial charge in [-0.05, 0) is 59.3 Å². The third kappa shape index (κ3) is 11.2. The highest BCUT2D eigenvalue weighted by molar-refractivity contribution is 5.84. The van der Waals surface area contributed by atoms with Crippen LogP contribution in [0, 0.1) is 49.7 Å². The van der Waals surface area contributed by atoms with Crippen LogP contribution in [0.5, 0.6) is 0 Å². The molecule has 8 heteroatoms. The van der Waals surface area contributed by atoms with Gasteiger partial charge >= 0.3 is 11.9 Å². The van der Waals surface area contributed by atoms with Crippen molar-refractivity contribution >= 4 is 17.8 Å². The van der Waals surface area contributed by atoms with Gasteiger partial charge in [-0.1, -0.05) is 104 Å². The topological polar surface area (TPSA) is 93.7 Å². The van der Waals surface area contributed by atoms with Crippen LogP contribution in [0.4, 0.5) is 0 Å². The van der Waals surface area contributed by atoms with E-state index in [-0.39, 0.29) is 41.2 Å². The molecule has 0 aliphatic carbocycles. The summed E-state index contributed by atoms with van der Waals surface area (Å²) in [6.07, 6.45) is 2.64. The molecular formula is C41H82N3O5+. The number of hydrogen-bond acceptors (Lipinski definition) is 6. The van der Waals surface area contributed by atoms with E-state index in [0.717, 1.165) is 30.4 Å². The van der Waals surface area contributed by atoms with Crippen molar-refractivity contribution in [1.29, 1.82) is 0 Å². The molecule has 0 aliphatic rings. The minimum atomic E-state index is -0.957. The van der Waals surface area contributed by atoms with Crippen LogP contribution < -0.4 is 10.6 Å². The van der Waals surface area contributed by atoms with Crippen molar-refractivity contribution < 1.29 is 28.3 Å². The van der Waals surface area contributed by atoms with Gasteiger partial charge in [-0.3, -0.25) is 14.4 Å². The van der Waals surface area contributed by atoms with Crippen LogP contribution in [-0.2, 0) is 23.9 Å². The summed E-state index contributed by atoms with van der Waals surface area (Å²) in [6.45, 7) is 38.6. The molecule has 290 valence electrons. The van der Waals surface area contributed by atoms with Gasteiger partial charge in [0.05, 0.1) is 51.5 Å². The predicted octanol–water partition coefficient (Wildman–Crippen LogP) is 8.13. The highest BCUT2D eigenvalue weighted by atomic mass is 16.5. The maximum absolute atomic E-state index is 14.7. The van der Waals surface area contributed by atoms with Crippen molar-refractivity contribution in [3.05, 3.63) is 0 Å². The second-order valence-electron chi connectivity index (χ2n) is 20.0. The summed E-state index contributed by atoms with van der Waals surface area (Å²) >= 11 is 0. The highest BCUT2D eigenvalue weighted by Crippen LogP contribution is 2.68. The Kier molecular flexibility index (Phi) is 16.6. The molecule has 4 atom stereocenters. The van der Waals surface area contributed by atoms with Crippen molar-refractivity contribution in [3.8, 4) is 0 Å². The zero-order chi connectivity index (χ0) is 39.1. The van der Waals surface area contributed by atoms with E-state index in [2.05, 4.69) is 136 Å². The van der Waals surface area contributed by atoms with Gasteiger partial charge in [-0.25, -0.2) is 0 Å². The van der Waals surface area contributed by atoms with Gasteiger partial charge in [0, 0.05) is 25.9 Å². The number of hydrogen-bond donors (Lipinski definition) is 2. The summed E-state index contributed by atoms with van der Waals surface area (Å²) in [7, 11) is 7.61. The van der Waals surface area contributed by atoms with Crippen LogP contribution in [-0.4, -0.2) is 83.4 Å². The Bertz CT molecular complexity index is 1080. The monoisotopic (exact) mass is 697 g/mol. The normalized spacial score (nSPS) is 17.4. The van der Waals surface area contributed by atoms with Crippen molar-refractivity contribution in [1.82, 2.24) is 10.6 Å². The van der Waals surface area contributed by atoms with Crippen molar-refractivity contribution in [2.75, 3.05) is 61.0 Å². The van der Waals surface area contributed by atoms with Gasteiger partial charge < -0.3 is 24.6 Å². The molecule has 0 bridgehead atoms. The van der Waals surface area contributed by atoms with Crippen molar-refractivity contribution in [2.45, 2.75) is 136 Å². The number of nitrogens with one attached hydrogen (secondary N) is 2. The Labute approximate surface area is 303 Å². The van der Waals surface area contributed by atoms with Crippen molar-refractivity contribution in [3.63, 3.8) is 0 Å². The fourth-order valence-corrected chi connectivity index (χ4v) is 8.27. The third-order valence-electron chi connectivity index (χ3n) is 13.7. The number of carbonyl (C=O) groups excluding carboxylic acids is 3. The lowest BCUT2D eigenvalue weighted by molar-refractivity contribution is -0.890. The number of ether oxygens (including phenoxy) is 2. The molecule has 8 nitrogen and oxygen atoms in total. The number of carbonyl (C=O) groups is 3. The van der Waals surface area contributed by atoms with Gasteiger partial charge in [0.15, 0.2) is 0 Å². The summed E-state index contributed by atoms with van der Waals surface area (Å²) in [5.41, 5.74) is -3.72. The summed E-state index contributed by atoms with van der Waals surface area (Å²) in [5, 5.41) is 6.46. The Morgan fingerprint density at radius 3 is 1.69 bits per heavy atom. The summed E-state index contributed by atoms with van der Waals surface area (Å²) in [5.74, 6) is 0.125. The van der Waals surface area contributed by atoms with E-state index in [9.17, 15) is 14.4 Å². The van der Waals surface area contributed by atoms with Crippen LogP contribution in [0.25, 0.3) is 0 Å². The average Bonchev–Trinajstić information content (AvgIpc) is 2.95. The van der Waals surface area contributed by atoms with Gasteiger partial charge in [-0.2, -0.15) is 0 Å². The molecular weight excluding hydrogens is 614 g/mol. The van der Waals surface area contributed by atoms with Gasteiger partial charge in [0.25, 0.3) is 0 Å². The maximum atomic E-state index is 14.7. The number of quaternary nitrogens is 1. The summed E-state index contributed by atoms with van der Waals surface area (Å²) < 4.78 is 11.7. The first-order valence-electron chi connectivity index (χ1n) is 18.8. The average molecular weight is 697 g/mol. The molecule has 0 saturated heterocycles. The number of nitrogens with zero attached hydrogens (tertiary/aromatic N) is 1. The van der Waals surface area contributed by atoms with Crippen LogP contribution in [0.2, 0.25) is 0 Å². The Morgan fingerprint density at radius 1 is 0.735 bits per heavy atom. The zero-order valence-electron chi connectivity index (χ0n) is 36.0. The Hall–Kier alpha value is -1.67. The predicted molar refractivity (Wildman–Crippen MR) is 205 cm³/mol. The Balaban J connectivity index is 6.86. The molecule has 4 unspecified atom stereocenters. The van der Waals surface area contributed by atoms with E-state index >= 15 is 0 Å². The number of methoxy groups -OCH3 is 1. The molecule has 0 heterocycles. The lowest BCUT2D eigenvalue weighted by atomic mass is 9.38. The molecule has 0 rings (SSSR count).